The third-order valence-corrected chi connectivity index (χ3v) is 3.83. The summed E-state index contributed by atoms with van der Waals surface area (Å²) in [6.07, 6.45) is 5.18. The first-order chi connectivity index (χ1) is 9.35. The molecule has 0 radical (unpaired) electrons. The van der Waals surface area contributed by atoms with Gasteiger partial charge in [0.2, 0.25) is 0 Å². The molecule has 0 saturated heterocycles. The van der Waals surface area contributed by atoms with Gasteiger partial charge >= 0.3 is 0 Å². The van der Waals surface area contributed by atoms with Crippen molar-refractivity contribution >= 4 is 22.9 Å². The number of H-pyrrole nitrogens is 1. The van der Waals surface area contributed by atoms with Gasteiger partial charge in [-0.1, -0.05) is 36.8 Å². The summed E-state index contributed by atoms with van der Waals surface area (Å²) in [5, 5.41) is 0. The third-order valence-electron chi connectivity index (χ3n) is 3.08. The summed E-state index contributed by atoms with van der Waals surface area (Å²) in [7, 11) is 0. The molecule has 1 aromatic carbocycles. The molecule has 1 atom stereocenters. The summed E-state index contributed by atoms with van der Waals surface area (Å²) < 4.78 is 3.28. The largest absolute Gasteiger partial charge is 0.347 e. The zero-order valence-electron chi connectivity index (χ0n) is 10.8. The van der Waals surface area contributed by atoms with E-state index in [-0.39, 0.29) is 6.04 Å². The maximum atomic E-state index is 5.53. The minimum Gasteiger partial charge on any atom is -0.347 e. The van der Waals surface area contributed by atoms with Crippen LogP contribution in [-0.4, -0.2) is 16.5 Å². The van der Waals surface area contributed by atoms with E-state index in [2.05, 4.69) is 48.5 Å². The second-order valence-corrected chi connectivity index (χ2v) is 5.11. The lowest BCUT2D eigenvalue weighted by Crippen LogP contribution is -2.13. The molecule has 2 rings (SSSR count). The Kier molecular flexibility index (Phi) is 5.81. The molecule has 4 N–H and O–H groups in total. The first kappa shape index (κ1) is 14.5. The van der Waals surface area contributed by atoms with Gasteiger partial charge in [0.25, 0.3) is 0 Å². The fraction of sp³-hybridized carbons (Fsp3) is 0.357. The van der Waals surface area contributed by atoms with Crippen LogP contribution in [0, 0.1) is 0 Å². The Morgan fingerprint density at radius 2 is 2.05 bits per heavy atom. The van der Waals surface area contributed by atoms with Gasteiger partial charge in [-0.25, -0.2) is 4.98 Å². The van der Waals surface area contributed by atoms with Crippen molar-refractivity contribution in [2.75, 3.05) is 6.54 Å². The lowest BCUT2D eigenvalue weighted by atomic mass is 10.1. The van der Waals surface area contributed by atoms with Crippen LogP contribution in [0.4, 0.5) is 0 Å². The number of nitrogens with one attached hydrogen (secondary N) is 2. The van der Waals surface area contributed by atoms with Gasteiger partial charge in [0, 0.05) is 34.6 Å². The summed E-state index contributed by atoms with van der Waals surface area (Å²) in [5.41, 5.74) is 7.66. The topological polar surface area (TPSA) is 66.7 Å². The van der Waals surface area contributed by atoms with E-state index < -0.39 is 0 Å². The van der Waals surface area contributed by atoms with Crippen LogP contribution in [0.2, 0.25) is 0 Å². The zero-order valence-corrected chi connectivity index (χ0v) is 12.9. The fourth-order valence-corrected chi connectivity index (χ4v) is 2.61. The Morgan fingerprint density at radius 3 is 2.74 bits per heavy atom. The molecular weight excluding hydrogens is 351 g/mol. The van der Waals surface area contributed by atoms with Crippen LogP contribution in [-0.2, 0) is 0 Å². The number of hydrogen-bond donors (Lipinski definition) is 3. The average Bonchev–Trinajstić information content (AvgIpc) is 2.94. The molecule has 0 bridgehead atoms. The molecule has 0 aliphatic carbocycles. The molecule has 1 aromatic heterocycles. The fourth-order valence-electron chi connectivity index (χ4n) is 2.01. The highest BCUT2D eigenvalue weighted by Crippen LogP contribution is 2.22. The summed E-state index contributed by atoms with van der Waals surface area (Å²) in [5.74, 6) is 0.991. The van der Waals surface area contributed by atoms with Gasteiger partial charge in [-0.15, -0.1) is 0 Å². The summed E-state index contributed by atoms with van der Waals surface area (Å²) in [4.78, 5) is 7.95. The van der Waals surface area contributed by atoms with Gasteiger partial charge in [-0.3, -0.25) is 3.53 Å². The highest BCUT2D eigenvalue weighted by atomic mass is 127. The van der Waals surface area contributed by atoms with Crippen molar-refractivity contribution in [3.63, 3.8) is 0 Å². The van der Waals surface area contributed by atoms with E-state index in [1.54, 1.807) is 0 Å². The molecule has 0 fully saturated rings. The number of imidazole rings is 1. The number of benzene rings is 1. The Bertz CT molecular complexity index is 483. The lowest BCUT2D eigenvalue weighted by molar-refractivity contribution is 0.553. The summed E-state index contributed by atoms with van der Waals surface area (Å²) >= 11 is 2.19. The van der Waals surface area contributed by atoms with Gasteiger partial charge in [0.15, 0.2) is 0 Å². The van der Waals surface area contributed by atoms with Gasteiger partial charge in [0.1, 0.15) is 5.82 Å². The van der Waals surface area contributed by atoms with Crippen LogP contribution < -0.4 is 9.26 Å². The van der Waals surface area contributed by atoms with Crippen LogP contribution in [0.15, 0.2) is 36.5 Å². The lowest BCUT2D eigenvalue weighted by Gasteiger charge is -2.11. The second kappa shape index (κ2) is 7.62. The number of halogens is 1. The smallest absolute Gasteiger partial charge is 0.124 e. The Balaban J connectivity index is 2.06. The molecule has 19 heavy (non-hydrogen) atoms. The third kappa shape index (κ3) is 4.02. The van der Waals surface area contributed by atoms with Crippen molar-refractivity contribution < 1.29 is 0 Å². The molecular formula is C14H19IN4. The van der Waals surface area contributed by atoms with Gasteiger partial charge in [-0.05, 0) is 19.4 Å². The number of hydrogen-bond acceptors (Lipinski definition) is 3. The van der Waals surface area contributed by atoms with Crippen LogP contribution in [0.25, 0.3) is 11.3 Å². The maximum Gasteiger partial charge on any atom is 0.124 e. The van der Waals surface area contributed by atoms with E-state index in [9.17, 15) is 0 Å². The van der Waals surface area contributed by atoms with Gasteiger partial charge < -0.3 is 10.7 Å². The van der Waals surface area contributed by atoms with E-state index in [0.717, 1.165) is 42.9 Å². The molecule has 0 aliphatic rings. The molecule has 1 unspecified atom stereocenters. The van der Waals surface area contributed by atoms with Crippen LogP contribution in [0.3, 0.4) is 0 Å². The Morgan fingerprint density at radius 1 is 1.26 bits per heavy atom. The summed E-state index contributed by atoms with van der Waals surface area (Å²) in [6, 6.07) is 10.5. The SMILES string of the molecule is NCCCCC(NI)c1nc(-c2ccccc2)c[nH]1. The molecule has 0 amide bonds. The normalized spacial score (nSPS) is 12.5. The van der Waals surface area contributed by atoms with E-state index in [0.29, 0.717) is 0 Å². The quantitative estimate of drug-likeness (QED) is 0.398. The molecule has 0 saturated carbocycles. The van der Waals surface area contributed by atoms with Crippen molar-refractivity contribution in [3.8, 4) is 11.3 Å². The number of unbranched alkanes of at least 4 members (excludes halogenated alkanes) is 1. The van der Waals surface area contributed by atoms with Crippen molar-refractivity contribution in [2.24, 2.45) is 5.73 Å². The van der Waals surface area contributed by atoms with E-state index in [1.807, 2.05) is 24.4 Å². The number of aromatic nitrogens is 2. The van der Waals surface area contributed by atoms with Crippen molar-refractivity contribution in [3.05, 3.63) is 42.4 Å². The minimum absolute atomic E-state index is 0.254. The van der Waals surface area contributed by atoms with E-state index >= 15 is 0 Å². The van der Waals surface area contributed by atoms with Gasteiger partial charge in [0.05, 0.1) is 11.7 Å². The number of rotatable bonds is 7. The van der Waals surface area contributed by atoms with E-state index in [4.69, 9.17) is 5.73 Å². The molecule has 1 heterocycles. The molecule has 102 valence electrons. The zero-order chi connectivity index (χ0) is 13.5. The summed E-state index contributed by atoms with van der Waals surface area (Å²) in [6.45, 7) is 0.751. The Hall–Kier alpha value is -0.920. The standard InChI is InChI=1S/C14H19IN4/c15-19-12(8-4-5-9-16)14-17-10-13(18-14)11-6-2-1-3-7-11/h1-3,6-7,10,12,19H,4-5,8-9,16H2,(H,17,18). The molecule has 4 nitrogen and oxygen atoms in total. The van der Waals surface area contributed by atoms with Crippen LogP contribution in [0.5, 0.6) is 0 Å². The van der Waals surface area contributed by atoms with Crippen LogP contribution in [0.1, 0.15) is 31.1 Å². The van der Waals surface area contributed by atoms with Crippen LogP contribution >= 0.6 is 22.9 Å². The van der Waals surface area contributed by atoms with E-state index in [1.165, 1.54) is 0 Å². The first-order valence-electron chi connectivity index (χ1n) is 6.52. The average molecular weight is 370 g/mol. The van der Waals surface area contributed by atoms with Crippen molar-refractivity contribution in [1.82, 2.24) is 13.5 Å². The molecule has 5 heteroatoms. The highest BCUT2D eigenvalue weighted by Gasteiger charge is 2.13. The Labute approximate surface area is 127 Å². The number of aromatic amines is 1. The van der Waals surface area contributed by atoms with Crippen molar-refractivity contribution in [1.29, 1.82) is 0 Å². The second-order valence-electron chi connectivity index (χ2n) is 4.48. The number of nitrogens with zero attached hydrogens (tertiary/aromatic N) is 1. The first-order valence-corrected chi connectivity index (χ1v) is 7.60. The maximum absolute atomic E-state index is 5.53. The van der Waals surface area contributed by atoms with Gasteiger partial charge in [-0.2, -0.15) is 0 Å². The van der Waals surface area contributed by atoms with Crippen molar-refractivity contribution in [2.45, 2.75) is 25.3 Å². The number of nitrogens with two attached hydrogens (primary N) is 1. The molecule has 0 aliphatic heterocycles. The predicted molar refractivity (Wildman–Crippen MR) is 86.8 cm³/mol. The predicted octanol–water partition coefficient (Wildman–Crippen LogP) is 3.19. The molecule has 2 aromatic rings. The highest BCUT2D eigenvalue weighted by molar-refractivity contribution is 14.1. The minimum atomic E-state index is 0.254. The monoisotopic (exact) mass is 370 g/mol. The molecule has 0 spiro atoms.